The maximum atomic E-state index is 13.6. The first-order valence-electron chi connectivity index (χ1n) is 5.75. The van der Waals surface area contributed by atoms with Gasteiger partial charge >= 0.3 is 0 Å². The number of halogens is 1. The van der Waals surface area contributed by atoms with Gasteiger partial charge in [0.15, 0.2) is 0 Å². The molecule has 2 N–H and O–H groups in total. The number of aliphatic hydroxyl groups excluding tert-OH is 1. The number of hydrogen-bond donors (Lipinski definition) is 2. The zero-order valence-corrected chi connectivity index (χ0v) is 11.6. The van der Waals surface area contributed by atoms with Crippen molar-refractivity contribution in [2.45, 2.75) is 18.7 Å². The normalized spacial score (nSPS) is 11.2. The van der Waals surface area contributed by atoms with Gasteiger partial charge in [-0.3, -0.25) is 0 Å². The largest absolute Gasteiger partial charge is 0.384 e. The van der Waals surface area contributed by atoms with Crippen LogP contribution in [-0.4, -0.2) is 26.7 Å². The lowest BCUT2D eigenvalue weighted by Crippen LogP contribution is -2.27. The second-order valence-corrected chi connectivity index (χ2v) is 6.11. The van der Waals surface area contributed by atoms with E-state index in [1.54, 1.807) is 0 Å². The molecule has 1 aromatic rings. The molecule has 0 fully saturated rings. The minimum Gasteiger partial charge on any atom is -0.384 e. The maximum absolute atomic E-state index is 13.6. The van der Waals surface area contributed by atoms with E-state index < -0.39 is 15.8 Å². The van der Waals surface area contributed by atoms with Crippen LogP contribution in [0.3, 0.4) is 0 Å². The average molecular weight is 285 g/mol. The van der Waals surface area contributed by atoms with Gasteiger partial charge in [-0.2, -0.15) is 0 Å². The Kier molecular flexibility index (Phi) is 5.48. The molecule has 0 spiro atoms. The fourth-order valence-electron chi connectivity index (χ4n) is 1.26. The molecule has 0 atom stereocenters. The van der Waals surface area contributed by atoms with Gasteiger partial charge in [0.2, 0.25) is 10.0 Å². The minimum absolute atomic E-state index is 0.0526. The molecular formula is C13H16FNO3S. The zero-order valence-electron chi connectivity index (χ0n) is 10.8. The molecular weight excluding hydrogens is 269 g/mol. The first-order chi connectivity index (χ1) is 8.86. The first kappa shape index (κ1) is 15.6. The van der Waals surface area contributed by atoms with Gasteiger partial charge in [-0.1, -0.05) is 25.7 Å². The van der Waals surface area contributed by atoms with Crippen LogP contribution < -0.4 is 4.72 Å². The number of aliphatic hydroxyl groups is 1. The lowest BCUT2D eigenvalue weighted by Gasteiger charge is -2.09. The van der Waals surface area contributed by atoms with Crippen LogP contribution in [0.4, 0.5) is 4.39 Å². The summed E-state index contributed by atoms with van der Waals surface area (Å²) in [4.78, 5) is -0.139. The molecule has 19 heavy (non-hydrogen) atoms. The van der Waals surface area contributed by atoms with Crippen LogP contribution >= 0.6 is 0 Å². The molecule has 0 saturated heterocycles. The van der Waals surface area contributed by atoms with E-state index in [9.17, 15) is 12.8 Å². The number of hydrogen-bond acceptors (Lipinski definition) is 3. The summed E-state index contributed by atoms with van der Waals surface area (Å²) >= 11 is 0. The van der Waals surface area contributed by atoms with Crippen molar-refractivity contribution in [3.63, 3.8) is 0 Å². The summed E-state index contributed by atoms with van der Waals surface area (Å²) in [7, 11) is -3.70. The van der Waals surface area contributed by atoms with E-state index in [4.69, 9.17) is 5.11 Å². The molecule has 0 bridgehead atoms. The van der Waals surface area contributed by atoms with E-state index in [1.165, 1.54) is 12.1 Å². The molecule has 0 radical (unpaired) electrons. The Balaban J connectivity index is 3.00. The Labute approximate surface area is 112 Å². The Hall–Kier alpha value is -1.42. The van der Waals surface area contributed by atoms with Crippen molar-refractivity contribution in [2.24, 2.45) is 5.92 Å². The van der Waals surface area contributed by atoms with Crippen LogP contribution in [0.15, 0.2) is 23.1 Å². The molecule has 4 nitrogen and oxygen atoms in total. The van der Waals surface area contributed by atoms with Crippen LogP contribution in [-0.2, 0) is 10.0 Å². The molecule has 0 saturated carbocycles. The van der Waals surface area contributed by atoms with Crippen molar-refractivity contribution in [3.8, 4) is 11.8 Å². The second kappa shape index (κ2) is 6.66. The van der Waals surface area contributed by atoms with E-state index in [2.05, 4.69) is 16.6 Å². The first-order valence-corrected chi connectivity index (χ1v) is 7.24. The van der Waals surface area contributed by atoms with E-state index in [0.717, 1.165) is 6.07 Å². The summed E-state index contributed by atoms with van der Waals surface area (Å²) < 4.78 is 39.7. The van der Waals surface area contributed by atoms with Crippen LogP contribution in [0, 0.1) is 23.6 Å². The Morgan fingerprint density at radius 3 is 2.63 bits per heavy atom. The molecule has 0 unspecified atom stereocenters. The van der Waals surface area contributed by atoms with Crippen molar-refractivity contribution < 1.29 is 17.9 Å². The maximum Gasteiger partial charge on any atom is 0.240 e. The highest BCUT2D eigenvalue weighted by atomic mass is 32.2. The number of rotatable bonds is 4. The third-order valence-electron chi connectivity index (χ3n) is 2.23. The highest BCUT2D eigenvalue weighted by molar-refractivity contribution is 7.89. The molecule has 0 heterocycles. The zero-order chi connectivity index (χ0) is 14.5. The fourth-order valence-corrected chi connectivity index (χ4v) is 2.48. The van der Waals surface area contributed by atoms with Crippen LogP contribution in [0.25, 0.3) is 0 Å². The van der Waals surface area contributed by atoms with Gasteiger partial charge < -0.3 is 5.11 Å². The lowest BCUT2D eigenvalue weighted by atomic mass is 10.2. The predicted octanol–water partition coefficient (Wildman–Crippen LogP) is 1.10. The van der Waals surface area contributed by atoms with Crippen molar-refractivity contribution >= 4 is 10.0 Å². The highest BCUT2D eigenvalue weighted by Crippen LogP contribution is 2.14. The fraction of sp³-hybridized carbons (Fsp3) is 0.385. The van der Waals surface area contributed by atoms with Gasteiger partial charge in [0.05, 0.1) is 10.5 Å². The van der Waals surface area contributed by atoms with Crippen LogP contribution in [0.1, 0.15) is 19.4 Å². The topological polar surface area (TPSA) is 66.4 Å². The molecule has 1 aromatic carbocycles. The van der Waals surface area contributed by atoms with Gasteiger partial charge in [0.25, 0.3) is 0 Å². The smallest absolute Gasteiger partial charge is 0.240 e. The van der Waals surface area contributed by atoms with Crippen LogP contribution in [0.5, 0.6) is 0 Å². The van der Waals surface area contributed by atoms with E-state index >= 15 is 0 Å². The Morgan fingerprint density at radius 2 is 2.11 bits per heavy atom. The summed E-state index contributed by atoms with van der Waals surface area (Å²) in [5, 5.41) is 8.52. The predicted molar refractivity (Wildman–Crippen MR) is 70.4 cm³/mol. The number of sulfonamides is 1. The summed E-state index contributed by atoms with van der Waals surface area (Å²) in [6.45, 7) is 3.65. The highest BCUT2D eigenvalue weighted by Gasteiger charge is 2.15. The molecule has 0 aliphatic rings. The van der Waals surface area contributed by atoms with Crippen LogP contribution in [0.2, 0.25) is 0 Å². The third-order valence-corrected chi connectivity index (χ3v) is 3.66. The molecule has 0 amide bonds. The number of benzene rings is 1. The van der Waals surface area contributed by atoms with E-state index in [1.807, 2.05) is 13.8 Å². The average Bonchev–Trinajstić information content (AvgIpc) is 2.35. The van der Waals surface area contributed by atoms with Gasteiger partial charge in [-0.15, -0.1) is 0 Å². The third kappa shape index (κ3) is 4.63. The molecule has 0 aliphatic carbocycles. The van der Waals surface area contributed by atoms with E-state index in [-0.39, 0.29) is 29.5 Å². The molecule has 0 aromatic heterocycles. The molecule has 0 aliphatic heterocycles. The summed E-state index contributed by atoms with van der Waals surface area (Å²) in [6.07, 6.45) is 0. The quantitative estimate of drug-likeness (QED) is 0.814. The molecule has 1 rings (SSSR count). The van der Waals surface area contributed by atoms with Gasteiger partial charge in [0.1, 0.15) is 12.4 Å². The lowest BCUT2D eigenvalue weighted by molar-refractivity contribution is 0.350. The SMILES string of the molecule is CC(C)CNS(=O)(=O)c1ccc(C#CCO)c(F)c1. The van der Waals surface area contributed by atoms with Gasteiger partial charge in [0, 0.05) is 6.54 Å². The van der Waals surface area contributed by atoms with Gasteiger partial charge in [-0.25, -0.2) is 17.5 Å². The van der Waals surface area contributed by atoms with Gasteiger partial charge in [-0.05, 0) is 24.1 Å². The summed E-state index contributed by atoms with van der Waals surface area (Å²) in [5.41, 5.74) is 0.0526. The molecule has 104 valence electrons. The Morgan fingerprint density at radius 1 is 1.42 bits per heavy atom. The van der Waals surface area contributed by atoms with Crippen molar-refractivity contribution in [1.29, 1.82) is 0 Å². The van der Waals surface area contributed by atoms with E-state index in [0.29, 0.717) is 0 Å². The molecule has 6 heteroatoms. The standard InChI is InChI=1S/C13H16FNO3S/c1-10(2)9-15-19(17,18)12-6-5-11(4-3-7-16)13(14)8-12/h5-6,8,10,15-16H,7,9H2,1-2H3. The monoisotopic (exact) mass is 285 g/mol. The van der Waals surface area contributed by atoms with Crippen molar-refractivity contribution in [2.75, 3.05) is 13.2 Å². The van der Waals surface area contributed by atoms with Crippen molar-refractivity contribution in [3.05, 3.63) is 29.6 Å². The summed E-state index contributed by atoms with van der Waals surface area (Å²) in [6, 6.07) is 3.49. The second-order valence-electron chi connectivity index (χ2n) is 4.35. The number of nitrogens with one attached hydrogen (secondary N) is 1. The summed E-state index contributed by atoms with van der Waals surface area (Å²) in [5.74, 6) is 4.14. The van der Waals surface area contributed by atoms with Crippen molar-refractivity contribution in [1.82, 2.24) is 4.72 Å². The Bertz CT molecular complexity index is 600. The minimum atomic E-state index is -3.70.